The number of benzene rings is 2. The number of nitrogens with one attached hydrogen (secondary N) is 1. The molecule has 27 heavy (non-hydrogen) atoms. The fourth-order valence-electron chi connectivity index (χ4n) is 3.05. The number of carbonyl (C=O) groups is 1. The molecule has 0 saturated carbocycles. The number of hydrogen-bond donors (Lipinski definition) is 1. The SMILES string of the molecule is C/C(=N/NC(=O)Cc1ccc(C)cc1C)c1cc(C)c(OC(C)C)c(C)c1. The van der Waals surface area contributed by atoms with Gasteiger partial charge in [-0.1, -0.05) is 23.8 Å². The predicted octanol–water partition coefficient (Wildman–Crippen LogP) is 4.79. The highest BCUT2D eigenvalue weighted by molar-refractivity contribution is 5.99. The van der Waals surface area contributed by atoms with E-state index in [0.717, 1.165) is 39.3 Å². The maximum Gasteiger partial charge on any atom is 0.244 e. The summed E-state index contributed by atoms with van der Waals surface area (Å²) in [6.07, 6.45) is 0.454. The smallest absolute Gasteiger partial charge is 0.244 e. The van der Waals surface area contributed by atoms with Crippen molar-refractivity contribution in [2.75, 3.05) is 0 Å². The number of hydrogen-bond acceptors (Lipinski definition) is 3. The Kier molecular flexibility index (Phi) is 6.78. The molecule has 0 fully saturated rings. The first kappa shape index (κ1) is 20.7. The molecule has 2 aromatic carbocycles. The summed E-state index contributed by atoms with van der Waals surface area (Å²) in [6.45, 7) is 14.1. The van der Waals surface area contributed by atoms with Gasteiger partial charge in [-0.3, -0.25) is 4.79 Å². The Balaban J connectivity index is 2.09. The van der Waals surface area contributed by atoms with Crippen molar-refractivity contribution in [2.24, 2.45) is 5.10 Å². The molecule has 0 bridgehead atoms. The third kappa shape index (κ3) is 5.68. The molecule has 0 aliphatic heterocycles. The first-order valence-electron chi connectivity index (χ1n) is 9.35. The molecule has 1 amide bonds. The Labute approximate surface area is 162 Å². The van der Waals surface area contributed by atoms with Gasteiger partial charge in [0.05, 0.1) is 18.2 Å². The Morgan fingerprint density at radius 2 is 1.67 bits per heavy atom. The van der Waals surface area contributed by atoms with E-state index in [-0.39, 0.29) is 12.0 Å². The van der Waals surface area contributed by atoms with E-state index >= 15 is 0 Å². The number of rotatable bonds is 6. The van der Waals surface area contributed by atoms with Crippen LogP contribution in [-0.2, 0) is 11.2 Å². The monoisotopic (exact) mass is 366 g/mol. The summed E-state index contributed by atoms with van der Waals surface area (Å²) in [5, 5.41) is 4.29. The number of hydrazone groups is 1. The van der Waals surface area contributed by atoms with Crippen LogP contribution in [0.5, 0.6) is 5.75 Å². The van der Waals surface area contributed by atoms with E-state index in [2.05, 4.69) is 16.6 Å². The second kappa shape index (κ2) is 8.85. The van der Waals surface area contributed by atoms with Gasteiger partial charge in [0.2, 0.25) is 5.91 Å². The second-order valence-corrected chi connectivity index (χ2v) is 7.44. The molecule has 144 valence electrons. The summed E-state index contributed by atoms with van der Waals surface area (Å²) < 4.78 is 5.89. The molecular formula is C23H30N2O2. The molecule has 0 aliphatic carbocycles. The largest absolute Gasteiger partial charge is 0.490 e. The van der Waals surface area contributed by atoms with Gasteiger partial charge in [0.25, 0.3) is 0 Å². The van der Waals surface area contributed by atoms with Crippen molar-refractivity contribution in [1.82, 2.24) is 5.43 Å². The molecule has 4 heteroatoms. The highest BCUT2D eigenvalue weighted by Crippen LogP contribution is 2.26. The molecule has 0 aliphatic rings. The molecule has 0 spiro atoms. The quantitative estimate of drug-likeness (QED) is 0.590. The van der Waals surface area contributed by atoms with Gasteiger partial charge in [0, 0.05) is 0 Å². The minimum Gasteiger partial charge on any atom is -0.490 e. The van der Waals surface area contributed by atoms with Crippen LogP contribution in [0.25, 0.3) is 0 Å². The normalized spacial score (nSPS) is 11.6. The first-order chi connectivity index (χ1) is 12.7. The van der Waals surface area contributed by atoms with E-state index < -0.39 is 0 Å². The Bertz CT molecular complexity index is 844. The molecule has 0 radical (unpaired) electrons. The Morgan fingerprint density at radius 3 is 2.22 bits per heavy atom. The maximum atomic E-state index is 12.3. The van der Waals surface area contributed by atoms with Crippen molar-refractivity contribution in [2.45, 2.75) is 61.0 Å². The molecule has 0 saturated heterocycles. The summed E-state index contributed by atoms with van der Waals surface area (Å²) in [7, 11) is 0. The van der Waals surface area contributed by atoms with Gasteiger partial charge in [-0.15, -0.1) is 0 Å². The lowest BCUT2D eigenvalue weighted by Gasteiger charge is -2.16. The second-order valence-electron chi connectivity index (χ2n) is 7.44. The first-order valence-corrected chi connectivity index (χ1v) is 9.35. The summed E-state index contributed by atoms with van der Waals surface area (Å²) in [4.78, 5) is 12.3. The van der Waals surface area contributed by atoms with Crippen molar-refractivity contribution in [3.63, 3.8) is 0 Å². The van der Waals surface area contributed by atoms with Gasteiger partial charge >= 0.3 is 0 Å². The number of carbonyl (C=O) groups excluding carboxylic acids is 1. The molecule has 1 N–H and O–H groups in total. The standard InChI is InChI=1S/C23H30N2O2/c1-14(2)27-23-17(5)11-21(12-18(23)6)19(7)24-25-22(26)13-20-9-8-15(3)10-16(20)4/h8-12,14H,13H2,1-7H3,(H,25,26)/b24-19-. The van der Waals surface area contributed by atoms with Crippen LogP contribution < -0.4 is 10.2 Å². The molecular weight excluding hydrogens is 336 g/mol. The lowest BCUT2D eigenvalue weighted by Crippen LogP contribution is -2.21. The van der Waals surface area contributed by atoms with Crippen LogP contribution in [0.3, 0.4) is 0 Å². The van der Waals surface area contributed by atoms with Gasteiger partial charge in [-0.05, 0) is 88.4 Å². The predicted molar refractivity (Wildman–Crippen MR) is 112 cm³/mol. The highest BCUT2D eigenvalue weighted by atomic mass is 16.5. The van der Waals surface area contributed by atoms with E-state index in [1.165, 1.54) is 5.56 Å². The zero-order valence-corrected chi connectivity index (χ0v) is 17.4. The zero-order valence-electron chi connectivity index (χ0n) is 17.4. The third-order valence-corrected chi connectivity index (χ3v) is 4.43. The van der Waals surface area contributed by atoms with E-state index in [9.17, 15) is 4.79 Å². The van der Waals surface area contributed by atoms with Gasteiger partial charge in [0.15, 0.2) is 0 Å². The lowest BCUT2D eigenvalue weighted by atomic mass is 10.0. The lowest BCUT2D eigenvalue weighted by molar-refractivity contribution is -0.120. The minimum atomic E-state index is -0.116. The van der Waals surface area contributed by atoms with Crippen molar-refractivity contribution >= 4 is 11.6 Å². The Morgan fingerprint density at radius 1 is 1.04 bits per heavy atom. The molecule has 2 rings (SSSR count). The van der Waals surface area contributed by atoms with Crippen LogP contribution in [0.2, 0.25) is 0 Å². The van der Waals surface area contributed by atoms with Crippen molar-refractivity contribution in [1.29, 1.82) is 0 Å². The van der Waals surface area contributed by atoms with Gasteiger partial charge in [-0.25, -0.2) is 5.43 Å². The van der Waals surface area contributed by atoms with Gasteiger partial charge < -0.3 is 4.74 Å². The number of aryl methyl sites for hydroxylation is 4. The van der Waals surface area contributed by atoms with E-state index in [1.807, 2.05) is 72.7 Å². The molecule has 4 nitrogen and oxygen atoms in total. The molecule has 0 heterocycles. The fourth-order valence-corrected chi connectivity index (χ4v) is 3.05. The van der Waals surface area contributed by atoms with E-state index in [1.54, 1.807) is 0 Å². The van der Waals surface area contributed by atoms with Crippen LogP contribution in [0.15, 0.2) is 35.4 Å². The summed E-state index contributed by atoms with van der Waals surface area (Å²) in [6, 6.07) is 10.2. The number of amides is 1. The molecule has 0 atom stereocenters. The molecule has 0 aromatic heterocycles. The maximum absolute atomic E-state index is 12.3. The topological polar surface area (TPSA) is 50.7 Å². The Hall–Kier alpha value is -2.62. The number of ether oxygens (including phenoxy) is 1. The fraction of sp³-hybridized carbons (Fsp3) is 0.391. The minimum absolute atomic E-state index is 0.116. The van der Waals surface area contributed by atoms with Crippen molar-refractivity contribution in [3.8, 4) is 5.75 Å². The summed E-state index contributed by atoms with van der Waals surface area (Å²) in [5.74, 6) is 0.801. The van der Waals surface area contributed by atoms with Crippen LogP contribution >= 0.6 is 0 Å². The number of nitrogens with zero attached hydrogens (tertiary/aromatic N) is 1. The molecule has 0 unspecified atom stereocenters. The van der Waals surface area contributed by atoms with Crippen molar-refractivity contribution in [3.05, 3.63) is 63.7 Å². The van der Waals surface area contributed by atoms with Crippen LogP contribution in [0.4, 0.5) is 0 Å². The zero-order chi connectivity index (χ0) is 20.1. The van der Waals surface area contributed by atoms with Crippen LogP contribution in [-0.4, -0.2) is 17.7 Å². The average molecular weight is 367 g/mol. The highest BCUT2D eigenvalue weighted by Gasteiger charge is 2.10. The van der Waals surface area contributed by atoms with E-state index in [4.69, 9.17) is 4.74 Å². The third-order valence-electron chi connectivity index (χ3n) is 4.43. The van der Waals surface area contributed by atoms with Crippen LogP contribution in [0, 0.1) is 27.7 Å². The van der Waals surface area contributed by atoms with Gasteiger partial charge in [-0.2, -0.15) is 5.10 Å². The average Bonchev–Trinajstić information content (AvgIpc) is 2.58. The van der Waals surface area contributed by atoms with Gasteiger partial charge in [0.1, 0.15) is 5.75 Å². The van der Waals surface area contributed by atoms with E-state index in [0.29, 0.717) is 6.42 Å². The summed E-state index contributed by atoms with van der Waals surface area (Å²) >= 11 is 0. The summed E-state index contributed by atoms with van der Waals surface area (Å²) in [5.41, 5.74) is 9.89. The molecule has 2 aromatic rings. The van der Waals surface area contributed by atoms with Crippen LogP contribution in [0.1, 0.15) is 54.2 Å². The van der Waals surface area contributed by atoms with Crippen molar-refractivity contribution < 1.29 is 9.53 Å².